The van der Waals surface area contributed by atoms with Gasteiger partial charge in [-0.15, -0.1) is 0 Å². The first-order valence-electron chi connectivity index (χ1n) is 8.28. The monoisotopic (exact) mass is 304 g/mol. The lowest BCUT2D eigenvalue weighted by molar-refractivity contribution is -0.208. The third-order valence-corrected chi connectivity index (χ3v) is 4.69. The zero-order valence-electron chi connectivity index (χ0n) is 13.1. The summed E-state index contributed by atoms with van der Waals surface area (Å²) in [6, 6.07) is 20.9. The summed E-state index contributed by atoms with van der Waals surface area (Å²) in [6.07, 6.45) is 3.52. The molecule has 2 heterocycles. The van der Waals surface area contributed by atoms with Crippen LogP contribution in [-0.4, -0.2) is 12.4 Å². The number of hydrogen-bond acceptors (Lipinski definition) is 2. The summed E-state index contributed by atoms with van der Waals surface area (Å²) in [5, 5.41) is 0. The van der Waals surface area contributed by atoms with Crippen LogP contribution in [0.4, 0.5) is 0 Å². The van der Waals surface area contributed by atoms with Crippen LogP contribution in [0.5, 0.6) is 0 Å². The van der Waals surface area contributed by atoms with Crippen LogP contribution in [-0.2, 0) is 15.1 Å². The molecule has 0 saturated carbocycles. The second-order valence-electron chi connectivity index (χ2n) is 6.17. The third-order valence-electron chi connectivity index (χ3n) is 4.69. The van der Waals surface area contributed by atoms with Crippen molar-refractivity contribution < 1.29 is 9.47 Å². The summed E-state index contributed by atoms with van der Waals surface area (Å²) in [7, 11) is 0. The van der Waals surface area contributed by atoms with Gasteiger partial charge in [0.25, 0.3) is 0 Å². The summed E-state index contributed by atoms with van der Waals surface area (Å²) in [5.74, 6) is 5.72. The van der Waals surface area contributed by atoms with Gasteiger partial charge in [-0.3, -0.25) is 0 Å². The lowest BCUT2D eigenvalue weighted by Gasteiger charge is -2.33. The Kier molecular flexibility index (Phi) is 3.69. The van der Waals surface area contributed by atoms with E-state index in [4.69, 9.17) is 9.47 Å². The number of hydrogen-bond donors (Lipinski definition) is 0. The molecule has 23 heavy (non-hydrogen) atoms. The predicted molar refractivity (Wildman–Crippen MR) is 89.7 cm³/mol. The van der Waals surface area contributed by atoms with Crippen molar-refractivity contribution in [1.82, 2.24) is 0 Å². The molecule has 0 bridgehead atoms. The quantitative estimate of drug-likeness (QED) is 0.772. The maximum atomic E-state index is 6.63. The van der Waals surface area contributed by atoms with Crippen LogP contribution in [0, 0.1) is 11.8 Å². The van der Waals surface area contributed by atoms with E-state index in [2.05, 4.69) is 60.4 Å². The van der Waals surface area contributed by atoms with E-state index < -0.39 is 11.4 Å². The molecule has 2 aliphatic heterocycles. The molecule has 2 heteroatoms. The van der Waals surface area contributed by atoms with Gasteiger partial charge in [0, 0.05) is 12.8 Å². The van der Waals surface area contributed by atoms with Gasteiger partial charge in [-0.2, -0.15) is 0 Å². The first kappa shape index (κ1) is 14.5. The SMILES string of the molecule is C1#CC2(CCC(c3ccccc3)(c3ccccc3)O2)OCCC1. The van der Waals surface area contributed by atoms with Crippen molar-refractivity contribution in [1.29, 1.82) is 0 Å². The highest BCUT2D eigenvalue weighted by Crippen LogP contribution is 2.49. The van der Waals surface area contributed by atoms with Crippen LogP contribution < -0.4 is 0 Å². The highest BCUT2D eigenvalue weighted by molar-refractivity contribution is 5.39. The van der Waals surface area contributed by atoms with Crippen molar-refractivity contribution in [3.8, 4) is 11.8 Å². The molecule has 1 fully saturated rings. The van der Waals surface area contributed by atoms with Crippen molar-refractivity contribution in [2.45, 2.75) is 37.1 Å². The summed E-state index contributed by atoms with van der Waals surface area (Å²) in [6.45, 7) is 0.694. The molecule has 1 atom stereocenters. The van der Waals surface area contributed by atoms with Crippen LogP contribution in [0.15, 0.2) is 60.7 Å². The Morgan fingerprint density at radius 3 is 2.13 bits per heavy atom. The van der Waals surface area contributed by atoms with E-state index in [9.17, 15) is 0 Å². The molecule has 2 aromatic carbocycles. The number of benzene rings is 2. The van der Waals surface area contributed by atoms with Crippen LogP contribution >= 0.6 is 0 Å². The minimum atomic E-state index is -0.762. The fourth-order valence-electron chi connectivity index (χ4n) is 3.53. The van der Waals surface area contributed by atoms with Gasteiger partial charge < -0.3 is 9.47 Å². The normalized spacial score (nSPS) is 25.6. The summed E-state index contributed by atoms with van der Waals surface area (Å²) in [4.78, 5) is 0. The molecule has 0 aromatic heterocycles. The third kappa shape index (κ3) is 2.57. The van der Waals surface area contributed by atoms with E-state index in [0.29, 0.717) is 6.61 Å². The molecular weight excluding hydrogens is 284 g/mol. The molecule has 2 aliphatic rings. The predicted octanol–water partition coefficient (Wildman–Crippen LogP) is 4.25. The molecule has 0 aliphatic carbocycles. The minimum absolute atomic E-state index is 0.485. The molecule has 0 radical (unpaired) electrons. The van der Waals surface area contributed by atoms with E-state index in [1.807, 2.05) is 12.1 Å². The smallest absolute Gasteiger partial charge is 0.234 e. The van der Waals surface area contributed by atoms with E-state index >= 15 is 0 Å². The summed E-state index contributed by atoms with van der Waals surface area (Å²) >= 11 is 0. The van der Waals surface area contributed by atoms with E-state index in [0.717, 1.165) is 36.8 Å². The van der Waals surface area contributed by atoms with Gasteiger partial charge in [-0.05, 0) is 29.9 Å². The molecule has 2 nitrogen and oxygen atoms in total. The Balaban J connectivity index is 1.81. The largest absolute Gasteiger partial charge is 0.340 e. The Morgan fingerprint density at radius 1 is 0.826 bits per heavy atom. The highest BCUT2D eigenvalue weighted by atomic mass is 16.7. The molecule has 2 aromatic rings. The van der Waals surface area contributed by atoms with Crippen molar-refractivity contribution in [3.63, 3.8) is 0 Å². The number of rotatable bonds is 2. The van der Waals surface area contributed by atoms with Gasteiger partial charge in [0.05, 0.1) is 6.61 Å². The van der Waals surface area contributed by atoms with Crippen molar-refractivity contribution in [2.24, 2.45) is 0 Å². The van der Waals surface area contributed by atoms with Crippen molar-refractivity contribution >= 4 is 0 Å². The van der Waals surface area contributed by atoms with Crippen LogP contribution in [0.2, 0.25) is 0 Å². The van der Waals surface area contributed by atoms with E-state index in [-0.39, 0.29) is 0 Å². The first-order valence-corrected chi connectivity index (χ1v) is 8.28. The Bertz CT molecular complexity index is 687. The molecule has 0 N–H and O–H groups in total. The van der Waals surface area contributed by atoms with E-state index in [1.165, 1.54) is 0 Å². The average Bonchev–Trinajstić information content (AvgIpc) is 2.85. The highest BCUT2D eigenvalue weighted by Gasteiger charge is 2.51. The van der Waals surface area contributed by atoms with Gasteiger partial charge in [-0.1, -0.05) is 66.6 Å². The van der Waals surface area contributed by atoms with Crippen molar-refractivity contribution in [2.75, 3.05) is 6.61 Å². The molecule has 0 amide bonds. The summed E-state index contributed by atoms with van der Waals surface area (Å²) < 4.78 is 12.7. The molecule has 1 unspecified atom stereocenters. The zero-order valence-corrected chi connectivity index (χ0v) is 13.1. The number of ether oxygens (including phenoxy) is 2. The minimum Gasteiger partial charge on any atom is -0.340 e. The fourth-order valence-corrected chi connectivity index (χ4v) is 3.53. The lowest BCUT2D eigenvalue weighted by atomic mass is 9.84. The second-order valence-corrected chi connectivity index (χ2v) is 6.17. The molecule has 116 valence electrons. The summed E-state index contributed by atoms with van der Waals surface area (Å²) in [5.41, 5.74) is 1.84. The maximum absolute atomic E-state index is 6.63. The Morgan fingerprint density at radius 2 is 1.48 bits per heavy atom. The van der Waals surface area contributed by atoms with Gasteiger partial charge in [0.1, 0.15) is 5.60 Å². The first-order chi connectivity index (χ1) is 11.3. The Hall–Kier alpha value is -2.08. The van der Waals surface area contributed by atoms with Crippen LogP contribution in [0.3, 0.4) is 0 Å². The Labute approximate surface area is 137 Å². The standard InChI is InChI=1S/C21H20O2/c1-4-10-18(11-5-1)21(19-12-6-2-7-13-19)16-15-20(23-21)14-8-3-9-17-22-20/h1-2,4-7,10-13H,3,9,15-17H2. The molecule has 4 rings (SSSR count). The van der Waals surface area contributed by atoms with Crippen molar-refractivity contribution in [3.05, 3.63) is 71.8 Å². The maximum Gasteiger partial charge on any atom is 0.234 e. The average molecular weight is 304 g/mol. The zero-order chi connectivity index (χ0) is 15.6. The molecular formula is C21H20O2. The van der Waals surface area contributed by atoms with Gasteiger partial charge in [0.15, 0.2) is 0 Å². The van der Waals surface area contributed by atoms with Crippen LogP contribution in [0.25, 0.3) is 0 Å². The topological polar surface area (TPSA) is 18.5 Å². The lowest BCUT2D eigenvalue weighted by Crippen LogP contribution is -2.36. The van der Waals surface area contributed by atoms with Crippen LogP contribution in [0.1, 0.15) is 36.8 Å². The fraction of sp³-hybridized carbons (Fsp3) is 0.333. The molecule has 1 saturated heterocycles. The van der Waals surface area contributed by atoms with Gasteiger partial charge >= 0.3 is 0 Å². The van der Waals surface area contributed by atoms with Gasteiger partial charge in [-0.25, -0.2) is 0 Å². The molecule has 1 spiro atoms. The second kappa shape index (κ2) is 5.85. The van der Waals surface area contributed by atoms with E-state index in [1.54, 1.807) is 0 Å². The van der Waals surface area contributed by atoms with Gasteiger partial charge in [0.2, 0.25) is 5.79 Å².